The molecule has 0 unspecified atom stereocenters. The van der Waals surface area contributed by atoms with Crippen molar-refractivity contribution < 1.29 is 14.2 Å². The quantitative estimate of drug-likeness (QED) is 0.669. The lowest BCUT2D eigenvalue weighted by Crippen LogP contribution is -2.31. The summed E-state index contributed by atoms with van der Waals surface area (Å²) in [5, 5.41) is 4.50. The first kappa shape index (κ1) is 18.1. The Hall–Kier alpha value is -2.31. The molecule has 0 spiro atoms. The molecular formula is C21H27N3O3. The van der Waals surface area contributed by atoms with Gasteiger partial charge in [0.2, 0.25) is 6.79 Å². The predicted octanol–water partition coefficient (Wildman–Crippen LogP) is 3.29. The lowest BCUT2D eigenvalue weighted by atomic mass is 10.1. The molecule has 2 aliphatic heterocycles. The Balaban J connectivity index is 1.50. The van der Waals surface area contributed by atoms with Crippen molar-refractivity contribution in [2.45, 2.75) is 45.5 Å². The van der Waals surface area contributed by atoms with Gasteiger partial charge in [-0.2, -0.15) is 5.10 Å². The molecule has 1 saturated heterocycles. The van der Waals surface area contributed by atoms with Gasteiger partial charge in [-0.1, -0.05) is 12.1 Å². The van der Waals surface area contributed by atoms with Gasteiger partial charge in [0.05, 0.1) is 18.8 Å². The Bertz CT molecular complexity index is 796. The first-order valence-electron chi connectivity index (χ1n) is 9.57. The molecule has 2 aromatic rings. The summed E-state index contributed by atoms with van der Waals surface area (Å²) in [6.45, 7) is 10.4. The number of ether oxygens (including phenoxy) is 3. The second-order valence-corrected chi connectivity index (χ2v) is 7.22. The van der Waals surface area contributed by atoms with E-state index in [0.29, 0.717) is 12.9 Å². The molecule has 0 N–H and O–H groups in total. The number of nitrogens with zero attached hydrogens (tertiary/aromatic N) is 3. The van der Waals surface area contributed by atoms with Crippen LogP contribution in [0, 0.1) is 6.92 Å². The Labute approximate surface area is 160 Å². The number of benzene rings is 1. The summed E-state index contributed by atoms with van der Waals surface area (Å²) in [6, 6.07) is 6.19. The summed E-state index contributed by atoms with van der Waals surface area (Å²) in [4.78, 5) is 2.44. The van der Waals surface area contributed by atoms with Crippen LogP contribution in [0.15, 0.2) is 37.1 Å². The van der Waals surface area contributed by atoms with Crippen LogP contribution in [0.3, 0.4) is 0 Å². The molecule has 3 heterocycles. The molecular weight excluding hydrogens is 342 g/mol. The van der Waals surface area contributed by atoms with Crippen molar-refractivity contribution in [3.63, 3.8) is 0 Å². The van der Waals surface area contributed by atoms with E-state index in [0.717, 1.165) is 57.1 Å². The standard InChI is InChI=1S/C21H27N3O3/c1-3-8-24-16(2)18(11-22-24)13-23(14-19-5-4-9-25-19)12-17-6-7-20-21(10-17)27-15-26-20/h3,6-7,10-11,19H,1,4-5,8-9,12-15H2,2H3/t19-/m1/s1. The van der Waals surface area contributed by atoms with Crippen LogP contribution in [0.1, 0.15) is 29.7 Å². The molecule has 0 amide bonds. The third-order valence-corrected chi connectivity index (χ3v) is 5.23. The van der Waals surface area contributed by atoms with Crippen LogP contribution in [-0.2, 0) is 24.4 Å². The molecule has 0 aliphatic carbocycles. The molecule has 1 aromatic carbocycles. The topological polar surface area (TPSA) is 48.8 Å². The van der Waals surface area contributed by atoms with Gasteiger partial charge in [0.25, 0.3) is 0 Å². The fourth-order valence-corrected chi connectivity index (χ4v) is 3.75. The van der Waals surface area contributed by atoms with Crippen molar-refractivity contribution in [3.05, 3.63) is 53.9 Å². The average molecular weight is 369 g/mol. The highest BCUT2D eigenvalue weighted by atomic mass is 16.7. The predicted molar refractivity (Wildman–Crippen MR) is 103 cm³/mol. The molecule has 0 radical (unpaired) electrons. The second-order valence-electron chi connectivity index (χ2n) is 7.22. The van der Waals surface area contributed by atoms with Crippen LogP contribution in [-0.4, -0.2) is 40.7 Å². The zero-order chi connectivity index (χ0) is 18.6. The molecule has 1 aromatic heterocycles. The summed E-state index contributed by atoms with van der Waals surface area (Å²) >= 11 is 0. The molecule has 27 heavy (non-hydrogen) atoms. The number of allylic oxidation sites excluding steroid dienone is 1. The minimum atomic E-state index is 0.306. The third-order valence-electron chi connectivity index (χ3n) is 5.23. The summed E-state index contributed by atoms with van der Waals surface area (Å²) in [5.41, 5.74) is 3.65. The minimum absolute atomic E-state index is 0.306. The molecule has 6 heteroatoms. The third kappa shape index (κ3) is 4.17. The lowest BCUT2D eigenvalue weighted by Gasteiger charge is -2.25. The Morgan fingerprint density at radius 2 is 2.19 bits per heavy atom. The summed E-state index contributed by atoms with van der Waals surface area (Å²) in [6.07, 6.45) is 6.44. The van der Waals surface area contributed by atoms with E-state index >= 15 is 0 Å². The summed E-state index contributed by atoms with van der Waals surface area (Å²) in [5.74, 6) is 1.66. The first-order valence-corrected chi connectivity index (χ1v) is 9.57. The molecule has 144 valence electrons. The Kier molecular flexibility index (Phi) is 5.45. The van der Waals surface area contributed by atoms with E-state index in [4.69, 9.17) is 14.2 Å². The molecule has 1 atom stereocenters. The van der Waals surface area contributed by atoms with Gasteiger partial charge in [0.15, 0.2) is 11.5 Å². The maximum Gasteiger partial charge on any atom is 0.231 e. The van der Waals surface area contributed by atoms with Crippen LogP contribution in [0.5, 0.6) is 11.5 Å². The van der Waals surface area contributed by atoms with Crippen molar-refractivity contribution in [2.24, 2.45) is 0 Å². The second kappa shape index (κ2) is 8.15. The number of aromatic nitrogens is 2. The lowest BCUT2D eigenvalue weighted by molar-refractivity contribution is 0.0678. The van der Waals surface area contributed by atoms with Crippen LogP contribution in [0.2, 0.25) is 0 Å². The Morgan fingerprint density at radius 1 is 1.30 bits per heavy atom. The monoisotopic (exact) mass is 369 g/mol. The molecule has 1 fully saturated rings. The Morgan fingerprint density at radius 3 is 3.00 bits per heavy atom. The molecule has 2 aliphatic rings. The van der Waals surface area contributed by atoms with E-state index in [1.54, 1.807) is 0 Å². The first-order chi connectivity index (χ1) is 13.2. The van der Waals surface area contributed by atoms with Gasteiger partial charge < -0.3 is 14.2 Å². The largest absolute Gasteiger partial charge is 0.454 e. The highest BCUT2D eigenvalue weighted by Crippen LogP contribution is 2.33. The maximum atomic E-state index is 5.89. The minimum Gasteiger partial charge on any atom is -0.454 e. The smallest absolute Gasteiger partial charge is 0.231 e. The van der Waals surface area contributed by atoms with E-state index < -0.39 is 0 Å². The summed E-state index contributed by atoms with van der Waals surface area (Å²) in [7, 11) is 0. The van der Waals surface area contributed by atoms with Crippen LogP contribution < -0.4 is 9.47 Å². The average Bonchev–Trinajstić information content (AvgIpc) is 3.40. The van der Waals surface area contributed by atoms with Gasteiger partial charge in [0, 0.05) is 37.5 Å². The normalized spacial score (nSPS) is 18.4. The number of fused-ring (bicyclic) bond motifs is 1. The number of hydrogen-bond acceptors (Lipinski definition) is 5. The van der Waals surface area contributed by atoms with Crippen molar-refractivity contribution in [1.82, 2.24) is 14.7 Å². The fourth-order valence-electron chi connectivity index (χ4n) is 3.75. The molecule has 6 nitrogen and oxygen atoms in total. The highest BCUT2D eigenvalue weighted by Gasteiger charge is 2.22. The van der Waals surface area contributed by atoms with Crippen molar-refractivity contribution in [3.8, 4) is 11.5 Å². The van der Waals surface area contributed by atoms with Crippen molar-refractivity contribution in [1.29, 1.82) is 0 Å². The van der Waals surface area contributed by atoms with Crippen LogP contribution >= 0.6 is 0 Å². The molecule has 0 bridgehead atoms. The zero-order valence-electron chi connectivity index (χ0n) is 15.9. The van der Waals surface area contributed by atoms with Gasteiger partial charge in [-0.15, -0.1) is 6.58 Å². The van der Waals surface area contributed by atoms with Gasteiger partial charge >= 0.3 is 0 Å². The summed E-state index contributed by atoms with van der Waals surface area (Å²) < 4.78 is 18.8. The van der Waals surface area contributed by atoms with Crippen LogP contribution in [0.25, 0.3) is 0 Å². The SMILES string of the molecule is C=CCn1ncc(CN(Cc2ccc3c(c2)OCO3)C[C@H]2CCCO2)c1C. The van der Waals surface area contributed by atoms with E-state index in [-0.39, 0.29) is 0 Å². The van der Waals surface area contributed by atoms with E-state index in [1.165, 1.54) is 16.8 Å². The molecule has 4 rings (SSSR count). The number of rotatable bonds is 8. The van der Waals surface area contributed by atoms with E-state index in [9.17, 15) is 0 Å². The van der Waals surface area contributed by atoms with E-state index in [1.807, 2.05) is 23.0 Å². The molecule has 0 saturated carbocycles. The van der Waals surface area contributed by atoms with Crippen molar-refractivity contribution >= 4 is 0 Å². The fraction of sp³-hybridized carbons (Fsp3) is 0.476. The van der Waals surface area contributed by atoms with E-state index in [2.05, 4.69) is 35.6 Å². The van der Waals surface area contributed by atoms with Gasteiger partial charge in [-0.25, -0.2) is 0 Å². The number of hydrogen-bond donors (Lipinski definition) is 0. The highest BCUT2D eigenvalue weighted by molar-refractivity contribution is 5.44. The van der Waals surface area contributed by atoms with Gasteiger partial charge in [-0.05, 0) is 37.5 Å². The zero-order valence-corrected chi connectivity index (χ0v) is 15.9. The van der Waals surface area contributed by atoms with Crippen molar-refractivity contribution in [2.75, 3.05) is 19.9 Å². The van der Waals surface area contributed by atoms with Gasteiger partial charge in [0.1, 0.15) is 0 Å². The van der Waals surface area contributed by atoms with Crippen LogP contribution in [0.4, 0.5) is 0 Å². The van der Waals surface area contributed by atoms with Gasteiger partial charge in [-0.3, -0.25) is 9.58 Å². The maximum absolute atomic E-state index is 5.89.